The van der Waals surface area contributed by atoms with Crippen molar-refractivity contribution in [3.8, 4) is 11.5 Å². The summed E-state index contributed by atoms with van der Waals surface area (Å²) >= 11 is 0. The Balaban J connectivity index is 1.99. The smallest absolute Gasteiger partial charge is 0.237 e. The van der Waals surface area contributed by atoms with Crippen LogP contribution < -0.4 is 20.1 Å². The number of likely N-dealkylation sites (N-methyl/N-ethyl adjacent to an activating group) is 1. The van der Waals surface area contributed by atoms with Crippen LogP contribution in [0.2, 0.25) is 0 Å². The Morgan fingerprint density at radius 3 is 2.52 bits per heavy atom. The van der Waals surface area contributed by atoms with E-state index in [-0.39, 0.29) is 0 Å². The van der Waals surface area contributed by atoms with Gasteiger partial charge in [-0.2, -0.15) is 10.1 Å². The Labute approximate surface area is 183 Å². The van der Waals surface area contributed by atoms with E-state index in [9.17, 15) is 0 Å². The number of methoxy groups -OCH3 is 1. The first kappa shape index (κ1) is 22.4. The summed E-state index contributed by atoms with van der Waals surface area (Å²) in [5.41, 5.74) is 6.76. The van der Waals surface area contributed by atoms with Gasteiger partial charge in [-0.3, -0.25) is 4.90 Å². The van der Waals surface area contributed by atoms with Crippen LogP contribution >= 0.6 is 0 Å². The average molecular weight is 426 g/mol. The van der Waals surface area contributed by atoms with E-state index in [0.717, 1.165) is 31.1 Å². The molecule has 0 unspecified atom stereocenters. The van der Waals surface area contributed by atoms with Crippen LogP contribution in [0.25, 0.3) is 0 Å². The number of nitrogens with zero attached hydrogens (tertiary/aromatic N) is 6. The number of anilines is 4. The summed E-state index contributed by atoms with van der Waals surface area (Å²) in [6.45, 7) is 10.4. The predicted octanol–water partition coefficient (Wildman–Crippen LogP) is 3.47. The molecule has 31 heavy (non-hydrogen) atoms. The molecule has 0 aliphatic rings. The van der Waals surface area contributed by atoms with Crippen molar-refractivity contribution in [3.63, 3.8) is 0 Å². The molecule has 3 rings (SSSR count). The summed E-state index contributed by atoms with van der Waals surface area (Å²) in [5.74, 6) is 2.99. The van der Waals surface area contributed by atoms with Gasteiger partial charge in [0.2, 0.25) is 5.95 Å². The van der Waals surface area contributed by atoms with Gasteiger partial charge in [0.15, 0.2) is 11.5 Å². The Kier molecular flexibility index (Phi) is 7.66. The number of aromatic nitrogens is 4. The molecule has 2 aromatic heterocycles. The van der Waals surface area contributed by atoms with Gasteiger partial charge in [-0.15, -0.1) is 0 Å². The van der Waals surface area contributed by atoms with E-state index < -0.39 is 0 Å². The van der Waals surface area contributed by atoms with Crippen LogP contribution in [0, 0.1) is 0 Å². The molecule has 0 saturated carbocycles. The van der Waals surface area contributed by atoms with Gasteiger partial charge < -0.3 is 20.1 Å². The zero-order valence-electron chi connectivity index (χ0n) is 18.7. The fourth-order valence-corrected chi connectivity index (χ4v) is 3.32. The van der Waals surface area contributed by atoms with Crippen LogP contribution in [0.15, 0.2) is 42.7 Å². The second-order valence-corrected chi connectivity index (χ2v) is 6.83. The number of benzene rings is 1. The molecule has 0 atom stereocenters. The lowest BCUT2D eigenvalue weighted by molar-refractivity contribution is 0.217. The maximum Gasteiger partial charge on any atom is 0.237 e. The first-order valence-corrected chi connectivity index (χ1v) is 10.5. The van der Waals surface area contributed by atoms with Gasteiger partial charge in [0.1, 0.15) is 18.2 Å². The molecule has 2 heterocycles. The summed E-state index contributed by atoms with van der Waals surface area (Å²) in [7, 11) is 1.64. The number of ether oxygens (including phenoxy) is 2. The normalized spacial score (nSPS) is 11.0. The van der Waals surface area contributed by atoms with Gasteiger partial charge in [0.05, 0.1) is 19.0 Å². The van der Waals surface area contributed by atoms with Crippen LogP contribution in [0.1, 0.15) is 20.8 Å². The Hall–Kier alpha value is -3.33. The molecule has 1 aromatic carbocycles. The zero-order chi connectivity index (χ0) is 22.2. The van der Waals surface area contributed by atoms with Gasteiger partial charge in [-0.05, 0) is 38.2 Å². The first-order chi connectivity index (χ1) is 15.1. The molecule has 0 spiro atoms. The number of aryl methyl sites for hydroxylation is 1. The highest BCUT2D eigenvalue weighted by Gasteiger charge is 2.21. The van der Waals surface area contributed by atoms with E-state index in [0.29, 0.717) is 36.4 Å². The number of hydrogen-bond donors (Lipinski definition) is 1. The van der Waals surface area contributed by atoms with Crippen LogP contribution in [-0.2, 0) is 6.54 Å². The summed E-state index contributed by atoms with van der Waals surface area (Å²) in [6.07, 6.45) is 3.39. The molecule has 9 nitrogen and oxygen atoms in total. The third kappa shape index (κ3) is 5.24. The molecule has 0 saturated heterocycles. The van der Waals surface area contributed by atoms with Crippen molar-refractivity contribution < 1.29 is 9.47 Å². The quantitative estimate of drug-likeness (QED) is 0.499. The lowest BCUT2D eigenvalue weighted by atomic mass is 10.2. The monoisotopic (exact) mass is 425 g/mol. The molecule has 2 N–H and O–H groups in total. The molecule has 0 aliphatic carbocycles. The van der Waals surface area contributed by atoms with Gasteiger partial charge in [-0.25, -0.2) is 9.67 Å². The highest BCUT2D eigenvalue weighted by Crippen LogP contribution is 2.38. The highest BCUT2D eigenvalue weighted by atomic mass is 16.5. The Morgan fingerprint density at radius 2 is 1.84 bits per heavy atom. The van der Waals surface area contributed by atoms with Crippen molar-refractivity contribution >= 4 is 23.3 Å². The molecule has 0 bridgehead atoms. The second-order valence-electron chi connectivity index (χ2n) is 6.83. The minimum Gasteiger partial charge on any atom is -0.493 e. The number of hydrogen-bond acceptors (Lipinski definition) is 8. The van der Waals surface area contributed by atoms with Gasteiger partial charge in [-0.1, -0.05) is 13.8 Å². The number of rotatable bonds is 11. The van der Waals surface area contributed by atoms with E-state index in [1.165, 1.54) is 0 Å². The van der Waals surface area contributed by atoms with Crippen molar-refractivity contribution in [1.29, 1.82) is 0 Å². The molecule has 0 amide bonds. The number of nitrogens with two attached hydrogens (primary N) is 1. The second kappa shape index (κ2) is 10.6. The van der Waals surface area contributed by atoms with Crippen LogP contribution in [0.5, 0.6) is 11.5 Å². The van der Waals surface area contributed by atoms with Gasteiger partial charge in [0.25, 0.3) is 0 Å². The van der Waals surface area contributed by atoms with E-state index >= 15 is 0 Å². The maximum absolute atomic E-state index is 6.11. The lowest BCUT2D eigenvalue weighted by Crippen LogP contribution is -2.28. The van der Waals surface area contributed by atoms with Crippen LogP contribution in [0.4, 0.5) is 23.3 Å². The summed E-state index contributed by atoms with van der Waals surface area (Å²) in [6, 6.07) is 9.33. The summed E-state index contributed by atoms with van der Waals surface area (Å²) < 4.78 is 13.5. The minimum atomic E-state index is 0.391. The minimum absolute atomic E-state index is 0.391. The third-order valence-electron chi connectivity index (χ3n) is 5.05. The number of nitrogen functional groups attached to an aromatic ring is 1. The third-order valence-corrected chi connectivity index (χ3v) is 5.05. The van der Waals surface area contributed by atoms with Gasteiger partial charge >= 0.3 is 0 Å². The highest BCUT2D eigenvalue weighted by molar-refractivity contribution is 5.72. The first-order valence-electron chi connectivity index (χ1n) is 10.5. The lowest BCUT2D eigenvalue weighted by Gasteiger charge is -2.24. The Bertz CT molecular complexity index is 972. The maximum atomic E-state index is 6.11. The van der Waals surface area contributed by atoms with Crippen molar-refractivity contribution in [2.45, 2.75) is 27.3 Å². The van der Waals surface area contributed by atoms with Crippen LogP contribution in [0.3, 0.4) is 0 Å². The zero-order valence-corrected chi connectivity index (χ0v) is 18.7. The topological polar surface area (TPSA) is 94.6 Å². The molecule has 0 fully saturated rings. The average Bonchev–Trinajstić information content (AvgIpc) is 3.25. The molecule has 9 heteroatoms. The summed E-state index contributed by atoms with van der Waals surface area (Å²) in [5, 5.41) is 4.40. The molecule has 0 radical (unpaired) electrons. The molecular weight excluding hydrogens is 394 g/mol. The largest absolute Gasteiger partial charge is 0.493 e. The van der Waals surface area contributed by atoms with Gasteiger partial charge in [0, 0.05) is 31.4 Å². The molecule has 3 aromatic rings. The predicted molar refractivity (Wildman–Crippen MR) is 122 cm³/mol. The molecular formula is C22H31N7O2. The van der Waals surface area contributed by atoms with E-state index in [1.807, 2.05) is 40.8 Å². The van der Waals surface area contributed by atoms with Crippen LogP contribution in [-0.4, -0.2) is 58.0 Å². The van der Waals surface area contributed by atoms with Crippen molar-refractivity contribution in [3.05, 3.63) is 42.7 Å². The van der Waals surface area contributed by atoms with E-state index in [4.69, 9.17) is 15.2 Å². The summed E-state index contributed by atoms with van der Waals surface area (Å²) in [4.78, 5) is 13.1. The fraction of sp³-hybridized carbons (Fsp3) is 0.409. The molecule has 0 aliphatic heterocycles. The standard InChI is InChI=1S/C22H31N7O2/c1-5-27(6-2)14-15-31-19-16-17(8-9-18(19)30-4)29(21-11-13-25-28(21)7-3)22-24-12-10-20(23)26-22/h8-13,16H,5-7,14-15H2,1-4H3,(H2,23,24,26). The fourth-order valence-electron chi connectivity index (χ4n) is 3.32. The van der Waals surface area contributed by atoms with E-state index in [1.54, 1.807) is 25.6 Å². The SMILES string of the molecule is CCN(CC)CCOc1cc(N(c2nccc(N)n2)c2ccnn2CC)ccc1OC. The van der Waals surface area contributed by atoms with Crippen molar-refractivity contribution in [2.24, 2.45) is 0 Å². The van der Waals surface area contributed by atoms with E-state index in [2.05, 4.69) is 33.8 Å². The molecule has 166 valence electrons. The van der Waals surface area contributed by atoms with Crippen molar-refractivity contribution in [2.75, 3.05) is 44.0 Å². The van der Waals surface area contributed by atoms with Crippen molar-refractivity contribution in [1.82, 2.24) is 24.6 Å². The Morgan fingerprint density at radius 1 is 1.03 bits per heavy atom.